The highest BCUT2D eigenvalue weighted by atomic mass is 32.2. The summed E-state index contributed by atoms with van der Waals surface area (Å²) in [4.78, 5) is 25.6. The molecule has 0 unspecified atom stereocenters. The highest BCUT2D eigenvalue weighted by Gasteiger charge is 2.30. The number of benzene rings is 2. The first kappa shape index (κ1) is 20.9. The molecule has 0 saturated carbocycles. The van der Waals surface area contributed by atoms with Gasteiger partial charge in [-0.3, -0.25) is 4.79 Å². The van der Waals surface area contributed by atoms with E-state index in [0.29, 0.717) is 5.56 Å². The number of piperazine rings is 1. The number of esters is 1. The molecular weight excluding hydrogens is 399 g/mol. The summed E-state index contributed by atoms with van der Waals surface area (Å²) in [7, 11) is -3.83. The standard InChI is InChI=1S/C20H21FN2O5S/c1-15-5-7-16(8-6-15)20(25)28-14-19(24)22-9-11-23(12-10-22)29(26,27)18-4-2-3-17(21)13-18/h2-8,13H,9-12,14H2,1H3. The van der Waals surface area contributed by atoms with Crippen molar-refractivity contribution >= 4 is 21.9 Å². The van der Waals surface area contributed by atoms with Gasteiger partial charge in [0.25, 0.3) is 5.91 Å². The Labute approximate surface area is 168 Å². The summed E-state index contributed by atoms with van der Waals surface area (Å²) in [6.07, 6.45) is 0. The molecule has 3 rings (SSSR count). The van der Waals surface area contributed by atoms with Crippen LogP contribution in [-0.2, 0) is 19.6 Å². The minimum Gasteiger partial charge on any atom is -0.452 e. The molecule has 29 heavy (non-hydrogen) atoms. The molecule has 1 heterocycles. The summed E-state index contributed by atoms with van der Waals surface area (Å²) >= 11 is 0. The smallest absolute Gasteiger partial charge is 0.338 e. The normalized spacial score (nSPS) is 15.2. The molecule has 9 heteroatoms. The van der Waals surface area contributed by atoms with Crippen LogP contribution in [0.4, 0.5) is 4.39 Å². The van der Waals surface area contributed by atoms with Crippen molar-refractivity contribution in [3.05, 3.63) is 65.5 Å². The van der Waals surface area contributed by atoms with Crippen LogP contribution < -0.4 is 0 Å². The summed E-state index contributed by atoms with van der Waals surface area (Å²) in [5.74, 6) is -1.62. The van der Waals surface area contributed by atoms with Gasteiger partial charge in [0.1, 0.15) is 5.82 Å². The number of carbonyl (C=O) groups excluding carboxylic acids is 2. The minimum absolute atomic E-state index is 0.0799. The number of hydrogen-bond acceptors (Lipinski definition) is 5. The van der Waals surface area contributed by atoms with Crippen molar-refractivity contribution in [2.45, 2.75) is 11.8 Å². The summed E-state index contributed by atoms with van der Waals surface area (Å²) in [5.41, 5.74) is 1.36. The Morgan fingerprint density at radius 1 is 1.03 bits per heavy atom. The predicted molar refractivity (Wildman–Crippen MR) is 103 cm³/mol. The Kier molecular flexibility index (Phi) is 6.29. The monoisotopic (exact) mass is 420 g/mol. The highest BCUT2D eigenvalue weighted by molar-refractivity contribution is 7.89. The maximum Gasteiger partial charge on any atom is 0.338 e. The van der Waals surface area contributed by atoms with Crippen LogP contribution in [-0.4, -0.2) is 62.3 Å². The lowest BCUT2D eigenvalue weighted by Crippen LogP contribution is -2.51. The fraction of sp³-hybridized carbons (Fsp3) is 0.300. The van der Waals surface area contributed by atoms with E-state index in [1.807, 2.05) is 6.92 Å². The largest absolute Gasteiger partial charge is 0.452 e. The van der Waals surface area contributed by atoms with Crippen LogP contribution >= 0.6 is 0 Å². The number of halogens is 1. The summed E-state index contributed by atoms with van der Waals surface area (Å²) < 4.78 is 44.8. The van der Waals surface area contributed by atoms with E-state index in [1.165, 1.54) is 27.4 Å². The van der Waals surface area contributed by atoms with Crippen LogP contribution in [0, 0.1) is 12.7 Å². The van der Waals surface area contributed by atoms with E-state index in [9.17, 15) is 22.4 Å². The van der Waals surface area contributed by atoms with Gasteiger partial charge in [-0.15, -0.1) is 0 Å². The molecule has 2 aromatic rings. The highest BCUT2D eigenvalue weighted by Crippen LogP contribution is 2.18. The Balaban J connectivity index is 1.53. The molecule has 0 bridgehead atoms. The molecular formula is C20H21FN2O5S. The molecule has 1 fully saturated rings. The number of hydrogen-bond donors (Lipinski definition) is 0. The Bertz CT molecular complexity index is 1000. The minimum atomic E-state index is -3.83. The first-order valence-corrected chi connectivity index (χ1v) is 10.5. The van der Waals surface area contributed by atoms with Crippen molar-refractivity contribution in [1.82, 2.24) is 9.21 Å². The molecule has 0 aliphatic carbocycles. The van der Waals surface area contributed by atoms with Gasteiger partial charge in [0, 0.05) is 26.2 Å². The van der Waals surface area contributed by atoms with Crippen LogP contribution in [0.1, 0.15) is 15.9 Å². The molecule has 0 radical (unpaired) electrons. The van der Waals surface area contributed by atoms with Crippen LogP contribution in [0.25, 0.3) is 0 Å². The van der Waals surface area contributed by atoms with Crippen LogP contribution in [0.2, 0.25) is 0 Å². The van der Waals surface area contributed by atoms with Gasteiger partial charge in [0.15, 0.2) is 6.61 Å². The van der Waals surface area contributed by atoms with Gasteiger partial charge in [-0.1, -0.05) is 23.8 Å². The Hall–Kier alpha value is -2.78. The molecule has 1 saturated heterocycles. The molecule has 0 aromatic heterocycles. The van der Waals surface area contributed by atoms with Gasteiger partial charge in [0.2, 0.25) is 10.0 Å². The molecule has 154 valence electrons. The van der Waals surface area contributed by atoms with Gasteiger partial charge in [-0.05, 0) is 37.3 Å². The van der Waals surface area contributed by atoms with Crippen LogP contribution in [0.15, 0.2) is 53.4 Å². The third-order valence-corrected chi connectivity index (χ3v) is 6.53. The number of ether oxygens (including phenoxy) is 1. The zero-order chi connectivity index (χ0) is 21.0. The third-order valence-electron chi connectivity index (χ3n) is 4.64. The number of rotatable bonds is 5. The molecule has 1 aliphatic rings. The third kappa shape index (κ3) is 4.99. The lowest BCUT2D eigenvalue weighted by atomic mass is 10.1. The maximum absolute atomic E-state index is 13.3. The average Bonchev–Trinajstić information content (AvgIpc) is 2.72. The SMILES string of the molecule is Cc1ccc(C(=O)OCC(=O)N2CCN(S(=O)(=O)c3cccc(F)c3)CC2)cc1. The summed E-state index contributed by atoms with van der Waals surface area (Å²) in [6, 6.07) is 11.6. The number of carbonyl (C=O) groups is 2. The number of sulfonamides is 1. The number of aryl methyl sites for hydroxylation is 1. The lowest BCUT2D eigenvalue weighted by Gasteiger charge is -2.33. The van der Waals surface area contributed by atoms with Crippen LogP contribution in [0.3, 0.4) is 0 Å². The summed E-state index contributed by atoms with van der Waals surface area (Å²) in [5, 5.41) is 0. The topological polar surface area (TPSA) is 84.0 Å². The van der Waals surface area contributed by atoms with Crippen molar-refractivity contribution < 1.29 is 27.1 Å². The average molecular weight is 420 g/mol. The fourth-order valence-corrected chi connectivity index (χ4v) is 4.40. The Morgan fingerprint density at radius 2 is 1.69 bits per heavy atom. The number of amides is 1. The Morgan fingerprint density at radius 3 is 2.31 bits per heavy atom. The van der Waals surface area contributed by atoms with Crippen molar-refractivity contribution in [3.8, 4) is 0 Å². The molecule has 2 aromatic carbocycles. The van der Waals surface area contributed by atoms with Crippen molar-refractivity contribution in [1.29, 1.82) is 0 Å². The number of nitrogens with zero attached hydrogens (tertiary/aromatic N) is 2. The molecule has 1 amide bonds. The van der Waals surface area contributed by atoms with Crippen molar-refractivity contribution in [2.75, 3.05) is 32.8 Å². The first-order chi connectivity index (χ1) is 13.8. The maximum atomic E-state index is 13.3. The second kappa shape index (κ2) is 8.71. The van der Waals surface area contributed by atoms with Gasteiger partial charge in [-0.25, -0.2) is 17.6 Å². The zero-order valence-electron chi connectivity index (χ0n) is 15.9. The van der Waals surface area contributed by atoms with E-state index in [4.69, 9.17) is 4.74 Å². The second-order valence-electron chi connectivity index (χ2n) is 6.68. The quantitative estimate of drug-likeness (QED) is 0.689. The van der Waals surface area contributed by atoms with Crippen LogP contribution in [0.5, 0.6) is 0 Å². The van der Waals surface area contributed by atoms with Gasteiger partial charge < -0.3 is 9.64 Å². The molecule has 0 N–H and O–H groups in total. The van der Waals surface area contributed by atoms with E-state index in [-0.39, 0.29) is 31.1 Å². The van der Waals surface area contributed by atoms with Gasteiger partial charge in [0.05, 0.1) is 10.5 Å². The van der Waals surface area contributed by atoms with E-state index < -0.39 is 34.3 Å². The van der Waals surface area contributed by atoms with Gasteiger partial charge in [-0.2, -0.15) is 4.31 Å². The van der Waals surface area contributed by atoms with Crippen molar-refractivity contribution in [2.24, 2.45) is 0 Å². The molecule has 0 spiro atoms. The van der Waals surface area contributed by atoms with Crippen molar-refractivity contribution in [3.63, 3.8) is 0 Å². The molecule has 0 atom stereocenters. The first-order valence-electron chi connectivity index (χ1n) is 9.04. The van der Waals surface area contributed by atoms with E-state index >= 15 is 0 Å². The van der Waals surface area contributed by atoms with E-state index in [0.717, 1.165) is 11.6 Å². The lowest BCUT2D eigenvalue weighted by molar-refractivity contribution is -0.135. The van der Waals surface area contributed by atoms with E-state index in [2.05, 4.69) is 0 Å². The second-order valence-corrected chi connectivity index (χ2v) is 8.62. The van der Waals surface area contributed by atoms with Gasteiger partial charge >= 0.3 is 5.97 Å². The predicted octanol–water partition coefficient (Wildman–Crippen LogP) is 1.82. The zero-order valence-corrected chi connectivity index (χ0v) is 16.7. The molecule has 7 nitrogen and oxygen atoms in total. The molecule has 1 aliphatic heterocycles. The summed E-state index contributed by atoms with van der Waals surface area (Å²) in [6.45, 7) is 1.97. The van der Waals surface area contributed by atoms with E-state index in [1.54, 1.807) is 24.3 Å². The fourth-order valence-electron chi connectivity index (χ4n) is 2.95.